The molecule has 2 heterocycles. The Morgan fingerprint density at radius 1 is 1.12 bits per heavy atom. The van der Waals surface area contributed by atoms with E-state index in [0.717, 1.165) is 44.6 Å². The van der Waals surface area contributed by atoms with E-state index in [0.29, 0.717) is 0 Å². The van der Waals surface area contributed by atoms with Crippen LogP contribution in [0.15, 0.2) is 23.2 Å². The maximum atomic E-state index is 4.92. The fraction of sp³-hybridized carbons (Fsp3) is 0.667. The first-order chi connectivity index (χ1) is 12.2. The van der Waals surface area contributed by atoms with Crippen LogP contribution in [-0.2, 0) is 6.42 Å². The van der Waals surface area contributed by atoms with Gasteiger partial charge < -0.3 is 10.2 Å². The average molecular weight is 343 g/mol. The minimum atomic E-state index is 0.728. The summed E-state index contributed by atoms with van der Waals surface area (Å²) in [7, 11) is 0. The molecule has 0 saturated carbocycles. The summed E-state index contributed by atoms with van der Waals surface area (Å²) in [5, 5.41) is 3.50. The van der Waals surface area contributed by atoms with Gasteiger partial charge in [0, 0.05) is 32.2 Å². The first-order valence-electron chi connectivity index (χ1n) is 10.00. The SMILES string of the molecule is CCNC(=NCCc1cc(C)cc(C)c1)N1CCC(N2CCCC2)C1. The smallest absolute Gasteiger partial charge is 0.193 e. The Labute approximate surface area is 153 Å². The molecular weight excluding hydrogens is 308 g/mol. The predicted molar refractivity (Wildman–Crippen MR) is 106 cm³/mol. The van der Waals surface area contributed by atoms with E-state index in [4.69, 9.17) is 4.99 Å². The van der Waals surface area contributed by atoms with Gasteiger partial charge in [0.25, 0.3) is 0 Å². The van der Waals surface area contributed by atoms with Crippen LogP contribution >= 0.6 is 0 Å². The third-order valence-electron chi connectivity index (χ3n) is 5.40. The number of benzene rings is 1. The summed E-state index contributed by atoms with van der Waals surface area (Å²) < 4.78 is 0. The molecule has 4 heteroatoms. The minimum Gasteiger partial charge on any atom is -0.357 e. The molecule has 1 N–H and O–H groups in total. The zero-order chi connectivity index (χ0) is 17.6. The van der Waals surface area contributed by atoms with Crippen LogP contribution in [0.3, 0.4) is 0 Å². The molecule has 2 saturated heterocycles. The van der Waals surface area contributed by atoms with Crippen LogP contribution in [0.1, 0.15) is 42.9 Å². The molecule has 4 nitrogen and oxygen atoms in total. The van der Waals surface area contributed by atoms with Crippen LogP contribution in [0.25, 0.3) is 0 Å². The molecule has 138 valence electrons. The van der Waals surface area contributed by atoms with Gasteiger partial charge in [-0.25, -0.2) is 0 Å². The van der Waals surface area contributed by atoms with Gasteiger partial charge in [0.1, 0.15) is 0 Å². The summed E-state index contributed by atoms with van der Waals surface area (Å²) in [6, 6.07) is 7.54. The maximum absolute atomic E-state index is 4.92. The molecule has 25 heavy (non-hydrogen) atoms. The fourth-order valence-corrected chi connectivity index (χ4v) is 4.27. The van der Waals surface area contributed by atoms with Crippen molar-refractivity contribution < 1.29 is 0 Å². The highest BCUT2D eigenvalue weighted by Gasteiger charge is 2.30. The van der Waals surface area contributed by atoms with E-state index < -0.39 is 0 Å². The molecule has 1 aromatic rings. The monoisotopic (exact) mass is 342 g/mol. The van der Waals surface area contributed by atoms with E-state index in [1.54, 1.807) is 0 Å². The normalized spacial score (nSPS) is 22.0. The lowest BCUT2D eigenvalue weighted by atomic mass is 10.1. The molecule has 0 aliphatic carbocycles. The van der Waals surface area contributed by atoms with Gasteiger partial charge in [-0.2, -0.15) is 0 Å². The highest BCUT2D eigenvalue weighted by molar-refractivity contribution is 5.80. The Morgan fingerprint density at radius 3 is 2.52 bits per heavy atom. The number of guanidine groups is 1. The first-order valence-corrected chi connectivity index (χ1v) is 10.00. The molecule has 2 aliphatic heterocycles. The van der Waals surface area contributed by atoms with Gasteiger partial charge in [0.15, 0.2) is 5.96 Å². The largest absolute Gasteiger partial charge is 0.357 e. The molecule has 0 aromatic heterocycles. The van der Waals surface area contributed by atoms with Crippen molar-refractivity contribution in [1.82, 2.24) is 15.1 Å². The van der Waals surface area contributed by atoms with Crippen LogP contribution < -0.4 is 5.32 Å². The topological polar surface area (TPSA) is 30.9 Å². The lowest BCUT2D eigenvalue weighted by Crippen LogP contribution is -2.42. The second-order valence-electron chi connectivity index (χ2n) is 7.61. The predicted octanol–water partition coefficient (Wildman–Crippen LogP) is 2.98. The van der Waals surface area contributed by atoms with Crippen molar-refractivity contribution in [2.24, 2.45) is 4.99 Å². The van der Waals surface area contributed by atoms with Crippen molar-refractivity contribution in [2.45, 2.75) is 52.5 Å². The zero-order valence-corrected chi connectivity index (χ0v) is 16.2. The number of rotatable bonds is 5. The second-order valence-corrected chi connectivity index (χ2v) is 7.61. The Morgan fingerprint density at radius 2 is 1.84 bits per heavy atom. The fourth-order valence-electron chi connectivity index (χ4n) is 4.27. The second kappa shape index (κ2) is 8.70. The lowest BCUT2D eigenvalue weighted by Gasteiger charge is -2.25. The quantitative estimate of drug-likeness (QED) is 0.659. The van der Waals surface area contributed by atoms with Crippen LogP contribution in [0.4, 0.5) is 0 Å². The summed E-state index contributed by atoms with van der Waals surface area (Å²) in [5.41, 5.74) is 4.09. The van der Waals surface area contributed by atoms with Crippen molar-refractivity contribution >= 4 is 5.96 Å². The van der Waals surface area contributed by atoms with Crippen LogP contribution in [0.5, 0.6) is 0 Å². The molecule has 1 unspecified atom stereocenters. The van der Waals surface area contributed by atoms with Gasteiger partial charge in [-0.3, -0.25) is 9.89 Å². The molecule has 2 fully saturated rings. The van der Waals surface area contributed by atoms with E-state index in [2.05, 4.69) is 54.1 Å². The molecule has 1 atom stereocenters. The minimum absolute atomic E-state index is 0.728. The number of aliphatic imine (C=N–C) groups is 1. The average Bonchev–Trinajstić information content (AvgIpc) is 3.24. The van der Waals surface area contributed by atoms with E-state index >= 15 is 0 Å². The van der Waals surface area contributed by atoms with Gasteiger partial charge in [0.05, 0.1) is 0 Å². The number of hydrogen-bond acceptors (Lipinski definition) is 2. The van der Waals surface area contributed by atoms with E-state index in [9.17, 15) is 0 Å². The molecule has 0 bridgehead atoms. The molecule has 3 rings (SSSR count). The number of likely N-dealkylation sites (tertiary alicyclic amines) is 2. The van der Waals surface area contributed by atoms with Gasteiger partial charge in [-0.05, 0) is 65.1 Å². The van der Waals surface area contributed by atoms with Crippen LogP contribution in [0, 0.1) is 13.8 Å². The van der Waals surface area contributed by atoms with Gasteiger partial charge in [-0.1, -0.05) is 29.3 Å². The van der Waals surface area contributed by atoms with E-state index in [1.807, 2.05) is 0 Å². The van der Waals surface area contributed by atoms with E-state index in [-0.39, 0.29) is 0 Å². The van der Waals surface area contributed by atoms with Crippen molar-refractivity contribution in [3.05, 3.63) is 34.9 Å². The van der Waals surface area contributed by atoms with Gasteiger partial charge in [0.2, 0.25) is 0 Å². The number of hydrogen-bond donors (Lipinski definition) is 1. The highest BCUT2D eigenvalue weighted by Crippen LogP contribution is 2.20. The van der Waals surface area contributed by atoms with Crippen LogP contribution in [-0.4, -0.2) is 61.1 Å². The summed E-state index contributed by atoms with van der Waals surface area (Å²) in [5.74, 6) is 1.11. The summed E-state index contributed by atoms with van der Waals surface area (Å²) in [6.45, 7) is 13.2. The summed E-state index contributed by atoms with van der Waals surface area (Å²) >= 11 is 0. The number of nitrogens with one attached hydrogen (secondary N) is 1. The van der Waals surface area contributed by atoms with Crippen molar-refractivity contribution in [2.75, 3.05) is 39.3 Å². The van der Waals surface area contributed by atoms with Crippen molar-refractivity contribution in [1.29, 1.82) is 0 Å². The number of nitrogens with zero attached hydrogens (tertiary/aromatic N) is 3. The third kappa shape index (κ3) is 4.97. The Balaban J connectivity index is 1.57. The molecular formula is C21H34N4. The van der Waals surface area contributed by atoms with Gasteiger partial charge in [-0.15, -0.1) is 0 Å². The molecule has 0 amide bonds. The Hall–Kier alpha value is -1.55. The van der Waals surface area contributed by atoms with Crippen molar-refractivity contribution in [3.8, 4) is 0 Å². The number of aryl methyl sites for hydroxylation is 2. The maximum Gasteiger partial charge on any atom is 0.193 e. The third-order valence-corrected chi connectivity index (χ3v) is 5.40. The van der Waals surface area contributed by atoms with Gasteiger partial charge >= 0.3 is 0 Å². The highest BCUT2D eigenvalue weighted by atomic mass is 15.3. The van der Waals surface area contributed by atoms with E-state index in [1.165, 1.54) is 49.0 Å². The van der Waals surface area contributed by atoms with Crippen molar-refractivity contribution in [3.63, 3.8) is 0 Å². The molecule has 1 aromatic carbocycles. The molecule has 0 spiro atoms. The zero-order valence-electron chi connectivity index (χ0n) is 16.2. The first kappa shape index (κ1) is 18.2. The standard InChI is InChI=1S/C21H34N4/c1-4-22-21(23-9-7-19-14-17(2)13-18(3)15-19)25-12-8-20(16-25)24-10-5-6-11-24/h13-15,20H,4-12,16H2,1-3H3,(H,22,23). The Bertz CT molecular complexity index is 569. The summed E-state index contributed by atoms with van der Waals surface area (Å²) in [4.78, 5) is 10.1. The Kier molecular flexibility index (Phi) is 6.35. The lowest BCUT2D eigenvalue weighted by molar-refractivity contribution is 0.249. The molecule has 2 aliphatic rings. The van der Waals surface area contributed by atoms with Crippen LogP contribution in [0.2, 0.25) is 0 Å². The molecule has 0 radical (unpaired) electrons. The summed E-state index contributed by atoms with van der Waals surface area (Å²) in [6.07, 6.45) is 5.05.